The summed E-state index contributed by atoms with van der Waals surface area (Å²) in [6.45, 7) is 0.301. The zero-order valence-electron chi connectivity index (χ0n) is 21.2. The Kier molecular flexibility index (Phi) is 9.98. The summed E-state index contributed by atoms with van der Waals surface area (Å²) in [7, 11) is 0. The van der Waals surface area contributed by atoms with Crippen LogP contribution in [0, 0.1) is 0 Å². The highest BCUT2D eigenvalue weighted by Crippen LogP contribution is 2.20. The lowest BCUT2D eigenvalue weighted by atomic mass is 10.0. The van der Waals surface area contributed by atoms with Gasteiger partial charge in [-0.15, -0.1) is 0 Å². The maximum Gasteiger partial charge on any atom is 0.326 e. The number of aliphatic carboxylic acids is 2. The molecule has 2 aromatic carbocycles. The lowest BCUT2D eigenvalue weighted by Crippen LogP contribution is -2.57. The molecule has 1 aliphatic heterocycles. The Morgan fingerprint density at radius 2 is 1.54 bits per heavy atom. The molecule has 0 aromatic heterocycles. The molecule has 1 heterocycles. The maximum absolute atomic E-state index is 13.3. The van der Waals surface area contributed by atoms with E-state index in [9.17, 15) is 34.2 Å². The van der Waals surface area contributed by atoms with Gasteiger partial charge < -0.3 is 36.6 Å². The van der Waals surface area contributed by atoms with Crippen molar-refractivity contribution in [2.24, 2.45) is 5.73 Å². The van der Waals surface area contributed by atoms with Gasteiger partial charge in [0.25, 0.3) is 0 Å². The van der Waals surface area contributed by atoms with Crippen molar-refractivity contribution >= 4 is 29.7 Å². The van der Waals surface area contributed by atoms with Gasteiger partial charge in [-0.1, -0.05) is 42.5 Å². The summed E-state index contributed by atoms with van der Waals surface area (Å²) in [5.74, 6) is -4.74. The van der Waals surface area contributed by atoms with Gasteiger partial charge in [0.15, 0.2) is 0 Å². The molecule has 12 nitrogen and oxygen atoms in total. The second-order valence-electron chi connectivity index (χ2n) is 9.41. The molecule has 1 aliphatic rings. The first-order valence-electron chi connectivity index (χ1n) is 12.5. The lowest BCUT2D eigenvalue weighted by molar-refractivity contribution is -0.147. The van der Waals surface area contributed by atoms with Crippen molar-refractivity contribution in [1.29, 1.82) is 0 Å². The summed E-state index contributed by atoms with van der Waals surface area (Å²) in [4.78, 5) is 63.4. The molecule has 0 radical (unpaired) electrons. The number of amides is 3. The van der Waals surface area contributed by atoms with Crippen molar-refractivity contribution in [2.75, 3.05) is 6.54 Å². The minimum Gasteiger partial charge on any atom is -0.508 e. The van der Waals surface area contributed by atoms with E-state index in [4.69, 9.17) is 10.8 Å². The van der Waals surface area contributed by atoms with Crippen molar-refractivity contribution in [3.63, 3.8) is 0 Å². The normalized spacial score (nSPS) is 17.1. The number of hydrogen-bond acceptors (Lipinski definition) is 7. The topological polar surface area (TPSA) is 199 Å². The molecule has 7 N–H and O–H groups in total. The predicted octanol–water partition coefficient (Wildman–Crippen LogP) is 0.0246. The van der Waals surface area contributed by atoms with Crippen molar-refractivity contribution in [2.45, 2.75) is 56.3 Å². The van der Waals surface area contributed by atoms with E-state index in [1.165, 1.54) is 17.0 Å². The number of phenolic OH excluding ortho intramolecular Hbond substituents is 1. The van der Waals surface area contributed by atoms with Gasteiger partial charge in [0, 0.05) is 13.0 Å². The molecule has 4 atom stereocenters. The number of hydrogen-bond donors (Lipinski definition) is 6. The molecule has 39 heavy (non-hydrogen) atoms. The van der Waals surface area contributed by atoms with Gasteiger partial charge in [-0.05, 0) is 42.5 Å². The van der Waals surface area contributed by atoms with Gasteiger partial charge in [0.1, 0.15) is 23.9 Å². The zero-order valence-corrected chi connectivity index (χ0v) is 21.2. The van der Waals surface area contributed by atoms with E-state index in [0.717, 1.165) is 5.56 Å². The largest absolute Gasteiger partial charge is 0.508 e. The van der Waals surface area contributed by atoms with E-state index in [-0.39, 0.29) is 18.6 Å². The quantitative estimate of drug-likeness (QED) is 0.215. The number of carboxylic acids is 2. The van der Waals surface area contributed by atoms with E-state index < -0.39 is 60.2 Å². The molecule has 1 fully saturated rings. The molecule has 208 valence electrons. The molecule has 0 aliphatic carbocycles. The number of phenols is 1. The van der Waals surface area contributed by atoms with E-state index in [2.05, 4.69) is 10.6 Å². The fourth-order valence-corrected chi connectivity index (χ4v) is 4.46. The molecule has 1 saturated heterocycles. The van der Waals surface area contributed by atoms with Gasteiger partial charge >= 0.3 is 11.9 Å². The van der Waals surface area contributed by atoms with Crippen LogP contribution < -0.4 is 16.4 Å². The minimum atomic E-state index is -1.69. The molecule has 0 saturated carbocycles. The number of carbonyl (C=O) groups is 5. The highest BCUT2D eigenvalue weighted by atomic mass is 16.4. The number of likely N-dealkylation sites (tertiary alicyclic amines) is 1. The van der Waals surface area contributed by atoms with Gasteiger partial charge in [-0.2, -0.15) is 0 Å². The fraction of sp³-hybridized carbons (Fsp3) is 0.370. The Labute approximate surface area is 224 Å². The highest BCUT2D eigenvalue weighted by Gasteiger charge is 2.38. The first-order valence-corrected chi connectivity index (χ1v) is 12.5. The van der Waals surface area contributed by atoms with E-state index in [1.807, 2.05) is 0 Å². The second-order valence-corrected chi connectivity index (χ2v) is 9.41. The third kappa shape index (κ3) is 8.27. The van der Waals surface area contributed by atoms with Gasteiger partial charge in [-0.3, -0.25) is 19.2 Å². The molecule has 3 rings (SSSR count). The summed E-state index contributed by atoms with van der Waals surface area (Å²) < 4.78 is 0. The molecule has 12 heteroatoms. The van der Waals surface area contributed by atoms with E-state index in [0.29, 0.717) is 24.9 Å². The van der Waals surface area contributed by atoms with Crippen molar-refractivity contribution < 1.29 is 39.3 Å². The van der Waals surface area contributed by atoms with Crippen LogP contribution in [-0.4, -0.2) is 80.6 Å². The number of nitrogens with two attached hydrogens (primary N) is 1. The third-order valence-corrected chi connectivity index (χ3v) is 6.46. The van der Waals surface area contributed by atoms with Crippen LogP contribution in [0.1, 0.15) is 30.4 Å². The summed E-state index contributed by atoms with van der Waals surface area (Å²) in [5, 5.41) is 32.6. The van der Waals surface area contributed by atoms with Crippen LogP contribution in [0.2, 0.25) is 0 Å². The smallest absolute Gasteiger partial charge is 0.326 e. The van der Waals surface area contributed by atoms with Crippen LogP contribution in [0.5, 0.6) is 5.75 Å². The summed E-state index contributed by atoms with van der Waals surface area (Å²) in [5.41, 5.74) is 7.57. The average Bonchev–Trinajstić information content (AvgIpc) is 3.39. The van der Waals surface area contributed by atoms with Crippen LogP contribution >= 0.6 is 0 Å². The average molecular weight is 541 g/mol. The Morgan fingerprint density at radius 3 is 2.15 bits per heavy atom. The minimum absolute atomic E-state index is 0.0128. The molecule has 3 amide bonds. The Balaban J connectivity index is 1.73. The summed E-state index contributed by atoms with van der Waals surface area (Å²) in [6.07, 6.45) is 0.268. The Hall–Kier alpha value is -4.45. The molecule has 2 aromatic rings. The molecule has 0 spiro atoms. The van der Waals surface area contributed by atoms with Gasteiger partial charge in [-0.25, -0.2) is 4.79 Å². The Morgan fingerprint density at radius 1 is 0.897 bits per heavy atom. The molecular weight excluding hydrogens is 508 g/mol. The lowest BCUT2D eigenvalue weighted by Gasteiger charge is -2.28. The Bertz CT molecular complexity index is 1190. The van der Waals surface area contributed by atoms with E-state index in [1.54, 1.807) is 42.5 Å². The molecule has 4 unspecified atom stereocenters. The van der Waals surface area contributed by atoms with Crippen LogP contribution in [0.15, 0.2) is 54.6 Å². The number of aromatic hydroxyl groups is 1. The van der Waals surface area contributed by atoms with Crippen molar-refractivity contribution in [3.8, 4) is 5.75 Å². The van der Waals surface area contributed by atoms with Crippen LogP contribution in [0.25, 0.3) is 0 Å². The third-order valence-electron chi connectivity index (χ3n) is 6.46. The zero-order chi connectivity index (χ0) is 28.5. The predicted molar refractivity (Wildman–Crippen MR) is 138 cm³/mol. The number of benzene rings is 2. The molecular formula is C27H32N4O8. The maximum atomic E-state index is 13.3. The first kappa shape index (κ1) is 29.1. The SMILES string of the molecule is NC(Cc1ccc(O)cc1)C(=O)N1CCCC1C(=O)NC(Cc1ccccc1)C(=O)NC(CC(=O)O)C(=O)O. The standard InChI is InChI=1S/C27H32N4O8/c28-19(13-17-8-10-18(32)11-9-17)26(37)31-12-4-7-22(31)25(36)29-20(14-16-5-2-1-3-6-16)24(35)30-21(27(38)39)15-23(33)34/h1-3,5-6,8-11,19-22,32H,4,7,12-15,28H2,(H,29,36)(H,30,35)(H,33,34)(H,38,39). The molecule has 0 bridgehead atoms. The summed E-state index contributed by atoms with van der Waals surface area (Å²) >= 11 is 0. The second kappa shape index (κ2) is 13.4. The first-order chi connectivity index (χ1) is 18.5. The highest BCUT2D eigenvalue weighted by molar-refractivity contribution is 5.95. The number of nitrogens with one attached hydrogen (secondary N) is 2. The number of nitrogens with zero attached hydrogens (tertiary/aromatic N) is 1. The van der Waals surface area contributed by atoms with Gasteiger partial charge in [0.2, 0.25) is 17.7 Å². The fourth-order valence-electron chi connectivity index (χ4n) is 4.46. The van der Waals surface area contributed by atoms with Gasteiger partial charge in [0.05, 0.1) is 12.5 Å². The number of carbonyl (C=O) groups excluding carboxylic acids is 3. The van der Waals surface area contributed by atoms with Crippen LogP contribution in [0.3, 0.4) is 0 Å². The van der Waals surface area contributed by atoms with E-state index >= 15 is 0 Å². The number of carboxylic acid groups (broad SMARTS) is 2. The monoisotopic (exact) mass is 540 g/mol. The van der Waals surface area contributed by atoms with Crippen molar-refractivity contribution in [3.05, 3.63) is 65.7 Å². The van der Waals surface area contributed by atoms with Crippen LogP contribution in [-0.2, 0) is 36.8 Å². The number of rotatable bonds is 12. The van der Waals surface area contributed by atoms with Crippen LogP contribution in [0.4, 0.5) is 0 Å². The summed E-state index contributed by atoms with van der Waals surface area (Å²) in [6, 6.07) is 10.3. The van der Waals surface area contributed by atoms with Crippen molar-refractivity contribution in [1.82, 2.24) is 15.5 Å².